The predicted octanol–water partition coefficient (Wildman–Crippen LogP) is 6.57. The molecule has 0 saturated heterocycles. The van der Waals surface area contributed by atoms with Crippen molar-refractivity contribution in [2.24, 2.45) is 0 Å². The van der Waals surface area contributed by atoms with Crippen molar-refractivity contribution < 1.29 is 33.0 Å². The second-order valence-electron chi connectivity index (χ2n) is 10.9. The van der Waals surface area contributed by atoms with Gasteiger partial charge in [-0.15, -0.1) is 0 Å². The van der Waals surface area contributed by atoms with Crippen molar-refractivity contribution in [3.05, 3.63) is 113 Å². The lowest BCUT2D eigenvalue weighted by Crippen LogP contribution is -2.42. The van der Waals surface area contributed by atoms with E-state index in [1.165, 1.54) is 18.2 Å². The maximum absolute atomic E-state index is 14.8. The molecule has 43 heavy (non-hydrogen) atoms. The Morgan fingerprint density at radius 2 is 1.65 bits per heavy atom. The van der Waals surface area contributed by atoms with E-state index in [-0.39, 0.29) is 17.7 Å². The molecule has 0 saturated carbocycles. The summed E-state index contributed by atoms with van der Waals surface area (Å²) in [6.07, 6.45) is -0.727. The number of carbonyl (C=O) groups is 3. The number of rotatable bonds is 7. The van der Waals surface area contributed by atoms with Gasteiger partial charge in [0, 0.05) is 23.2 Å². The molecule has 0 bridgehead atoms. The van der Waals surface area contributed by atoms with Crippen molar-refractivity contribution in [2.45, 2.75) is 45.8 Å². The fraction of sp³-hybridized carbons (Fsp3) is 0.206. The van der Waals surface area contributed by atoms with E-state index >= 15 is 0 Å². The van der Waals surface area contributed by atoms with Crippen LogP contribution in [-0.2, 0) is 16.0 Å². The number of furan rings is 1. The van der Waals surface area contributed by atoms with Crippen LogP contribution < -0.4 is 10.6 Å². The molecular weight excluding hydrogens is 551 g/mol. The van der Waals surface area contributed by atoms with Crippen LogP contribution in [0.5, 0.6) is 0 Å². The Hall–Kier alpha value is -5.36. The lowest BCUT2D eigenvalue weighted by atomic mass is 10.0. The number of anilines is 1. The minimum Gasteiger partial charge on any atom is -0.480 e. The van der Waals surface area contributed by atoms with Crippen LogP contribution in [0.4, 0.5) is 14.9 Å². The Balaban J connectivity index is 1.38. The van der Waals surface area contributed by atoms with Crippen LogP contribution in [0.25, 0.3) is 11.3 Å². The van der Waals surface area contributed by atoms with Gasteiger partial charge in [-0.05, 0) is 81.8 Å². The van der Waals surface area contributed by atoms with Crippen molar-refractivity contribution in [3.63, 3.8) is 0 Å². The normalized spacial score (nSPS) is 11.6. The first-order valence-electron chi connectivity index (χ1n) is 13.5. The first kappa shape index (κ1) is 30.6. The maximum atomic E-state index is 14.8. The number of carboxylic acid groups (broad SMARTS) is 1. The third-order valence-corrected chi connectivity index (χ3v) is 6.11. The molecule has 3 N–H and O–H groups in total. The SMILES string of the molecule is Cc1ccc(-c2ccc(C(=O)N[C@@H](Cc3ccc(C#Cc4ccc(NC(=O)OC(C)(C)C)cc4)c(F)c3)C(=O)O)o2)cc1. The van der Waals surface area contributed by atoms with E-state index in [0.29, 0.717) is 22.6 Å². The Morgan fingerprint density at radius 3 is 2.28 bits per heavy atom. The topological polar surface area (TPSA) is 118 Å². The molecule has 4 aromatic rings. The number of carbonyl (C=O) groups excluding carboxylic acids is 2. The van der Waals surface area contributed by atoms with Gasteiger partial charge in [-0.2, -0.15) is 0 Å². The summed E-state index contributed by atoms with van der Waals surface area (Å²) in [6, 6.07) is 20.2. The third-order valence-electron chi connectivity index (χ3n) is 6.11. The Labute approximate surface area is 248 Å². The van der Waals surface area contributed by atoms with Crippen LogP contribution >= 0.6 is 0 Å². The molecule has 8 nitrogen and oxygen atoms in total. The van der Waals surface area contributed by atoms with E-state index in [1.807, 2.05) is 31.2 Å². The van der Waals surface area contributed by atoms with Crippen molar-refractivity contribution in [1.29, 1.82) is 0 Å². The molecule has 1 atom stereocenters. The Bertz CT molecular complexity index is 1690. The van der Waals surface area contributed by atoms with Crippen LogP contribution in [0.2, 0.25) is 0 Å². The summed E-state index contributed by atoms with van der Waals surface area (Å²) in [6.45, 7) is 7.26. The van der Waals surface area contributed by atoms with Crippen molar-refractivity contribution in [3.8, 4) is 23.2 Å². The lowest BCUT2D eigenvalue weighted by molar-refractivity contribution is -0.139. The van der Waals surface area contributed by atoms with Gasteiger partial charge in [0.05, 0.1) is 5.56 Å². The highest BCUT2D eigenvalue weighted by Gasteiger charge is 2.23. The maximum Gasteiger partial charge on any atom is 0.412 e. The van der Waals surface area contributed by atoms with Gasteiger partial charge in [0.2, 0.25) is 0 Å². The van der Waals surface area contributed by atoms with E-state index in [9.17, 15) is 23.9 Å². The van der Waals surface area contributed by atoms with Crippen molar-refractivity contribution >= 4 is 23.7 Å². The summed E-state index contributed by atoms with van der Waals surface area (Å²) in [5, 5.41) is 14.8. The van der Waals surface area contributed by atoms with Gasteiger partial charge in [0.15, 0.2) is 5.76 Å². The summed E-state index contributed by atoms with van der Waals surface area (Å²) in [4.78, 5) is 36.5. The number of carboxylic acids is 1. The fourth-order valence-corrected chi connectivity index (χ4v) is 3.98. The minimum absolute atomic E-state index is 0.0349. The first-order valence-corrected chi connectivity index (χ1v) is 13.5. The van der Waals surface area contributed by atoms with Crippen molar-refractivity contribution in [2.75, 3.05) is 5.32 Å². The molecule has 0 aliphatic rings. The largest absolute Gasteiger partial charge is 0.480 e. The zero-order valence-electron chi connectivity index (χ0n) is 24.2. The number of aryl methyl sites for hydroxylation is 1. The molecule has 0 aliphatic heterocycles. The average molecular weight is 583 g/mol. The molecule has 1 heterocycles. The number of aliphatic carboxylic acids is 1. The number of hydrogen-bond acceptors (Lipinski definition) is 5. The molecule has 2 amide bonds. The van der Waals surface area contributed by atoms with Gasteiger partial charge in [0.25, 0.3) is 5.91 Å². The minimum atomic E-state index is -1.32. The molecule has 0 spiro atoms. The summed E-state index contributed by atoms with van der Waals surface area (Å²) in [7, 11) is 0. The van der Waals surface area contributed by atoms with E-state index in [4.69, 9.17) is 9.15 Å². The van der Waals surface area contributed by atoms with Crippen LogP contribution in [0.15, 0.2) is 83.3 Å². The van der Waals surface area contributed by atoms with Gasteiger partial charge >= 0.3 is 12.1 Å². The molecule has 0 aliphatic carbocycles. The molecule has 0 fully saturated rings. The molecule has 4 rings (SSSR count). The third kappa shape index (κ3) is 8.81. The Morgan fingerprint density at radius 1 is 0.953 bits per heavy atom. The van der Waals surface area contributed by atoms with Crippen LogP contribution in [0.3, 0.4) is 0 Å². The fourth-order valence-electron chi connectivity index (χ4n) is 3.98. The molecule has 1 aromatic heterocycles. The number of nitrogens with one attached hydrogen (secondary N) is 2. The van der Waals surface area contributed by atoms with Gasteiger partial charge in [-0.25, -0.2) is 14.0 Å². The number of ether oxygens (including phenoxy) is 1. The van der Waals surface area contributed by atoms with E-state index < -0.39 is 35.4 Å². The van der Waals surface area contributed by atoms with Crippen LogP contribution in [0, 0.1) is 24.6 Å². The van der Waals surface area contributed by atoms with Crippen LogP contribution in [-0.4, -0.2) is 34.7 Å². The van der Waals surface area contributed by atoms with E-state index in [0.717, 1.165) is 11.1 Å². The first-order chi connectivity index (χ1) is 20.4. The molecule has 0 unspecified atom stereocenters. The second-order valence-corrected chi connectivity index (χ2v) is 10.9. The van der Waals surface area contributed by atoms with Gasteiger partial charge in [-0.3, -0.25) is 10.1 Å². The highest BCUT2D eigenvalue weighted by atomic mass is 19.1. The highest BCUT2D eigenvalue weighted by molar-refractivity contribution is 5.94. The smallest absolute Gasteiger partial charge is 0.412 e. The molecule has 3 aromatic carbocycles. The summed E-state index contributed by atoms with van der Waals surface area (Å²) < 4.78 is 25.7. The monoisotopic (exact) mass is 582 g/mol. The van der Waals surface area contributed by atoms with Gasteiger partial charge < -0.3 is 19.6 Å². The number of benzene rings is 3. The van der Waals surface area contributed by atoms with Crippen molar-refractivity contribution in [1.82, 2.24) is 5.32 Å². The summed E-state index contributed by atoms with van der Waals surface area (Å²) in [5.41, 5.74) is 2.84. The average Bonchev–Trinajstić information content (AvgIpc) is 3.43. The quantitative estimate of drug-likeness (QED) is 0.212. The van der Waals surface area contributed by atoms with E-state index in [1.54, 1.807) is 57.2 Å². The zero-order chi connectivity index (χ0) is 31.1. The Kier molecular flexibility index (Phi) is 9.31. The standard InChI is InChI=1S/C34H31FN2O6/c1-21-5-11-25(12-6-21)29-17-18-30(42-29)31(38)37-28(32(39)40)20-23-8-14-24(27(35)19-23)13-7-22-9-15-26(16-10-22)36-33(41)43-34(2,3)4/h5-6,8-12,14-19,28H,20H2,1-4H3,(H,36,41)(H,37,38)(H,39,40)/t28-/m0/s1. The zero-order valence-corrected chi connectivity index (χ0v) is 24.2. The number of hydrogen-bond donors (Lipinski definition) is 3. The summed E-state index contributed by atoms with van der Waals surface area (Å²) in [5.74, 6) is 3.47. The number of amides is 2. The second kappa shape index (κ2) is 13.1. The predicted molar refractivity (Wildman–Crippen MR) is 160 cm³/mol. The van der Waals surface area contributed by atoms with Crippen LogP contribution in [0.1, 0.15) is 53.6 Å². The van der Waals surface area contributed by atoms with Gasteiger partial charge in [0.1, 0.15) is 23.2 Å². The highest BCUT2D eigenvalue weighted by Crippen LogP contribution is 2.23. The molecular formula is C34H31FN2O6. The lowest BCUT2D eigenvalue weighted by Gasteiger charge is -2.19. The van der Waals surface area contributed by atoms with E-state index in [2.05, 4.69) is 22.5 Å². The molecule has 0 radical (unpaired) electrons. The van der Waals surface area contributed by atoms with Gasteiger partial charge in [-0.1, -0.05) is 47.7 Å². The molecule has 220 valence electrons. The summed E-state index contributed by atoms with van der Waals surface area (Å²) >= 11 is 0. The molecule has 9 heteroatoms. The number of halogens is 1.